The molecule has 104 valence electrons. The van der Waals surface area contributed by atoms with Crippen LogP contribution in [0, 0.1) is 6.92 Å². The van der Waals surface area contributed by atoms with Crippen LogP contribution in [0.1, 0.15) is 11.1 Å². The summed E-state index contributed by atoms with van der Waals surface area (Å²) in [5, 5.41) is 11.9. The first-order valence-electron chi connectivity index (χ1n) is 6.16. The highest BCUT2D eigenvalue weighted by atomic mass is 16.6. The minimum Gasteiger partial charge on any atom is -0.486 e. The fourth-order valence-electron chi connectivity index (χ4n) is 1.83. The number of carbonyl (C=O) groups is 1. The van der Waals surface area contributed by atoms with Gasteiger partial charge >= 0.3 is 0 Å². The van der Waals surface area contributed by atoms with Crippen LogP contribution in [0.25, 0.3) is 0 Å². The molecular formula is C13H18N2O4. The van der Waals surface area contributed by atoms with Gasteiger partial charge < -0.3 is 25.6 Å². The quantitative estimate of drug-likeness (QED) is 0.696. The third-order valence-corrected chi connectivity index (χ3v) is 2.98. The normalized spacial score (nSPS) is 14.9. The van der Waals surface area contributed by atoms with E-state index in [1.807, 2.05) is 19.1 Å². The molecule has 6 nitrogen and oxygen atoms in total. The molecule has 0 fully saturated rings. The van der Waals surface area contributed by atoms with Crippen molar-refractivity contribution in [3.63, 3.8) is 0 Å². The maximum absolute atomic E-state index is 11.5. The summed E-state index contributed by atoms with van der Waals surface area (Å²) in [7, 11) is 0. The van der Waals surface area contributed by atoms with Crippen LogP contribution < -0.4 is 20.5 Å². The maximum atomic E-state index is 11.5. The monoisotopic (exact) mass is 266 g/mol. The molecule has 0 saturated carbocycles. The summed E-state index contributed by atoms with van der Waals surface area (Å²) in [5.41, 5.74) is 7.13. The smallest absolute Gasteiger partial charge is 0.250 e. The van der Waals surface area contributed by atoms with Gasteiger partial charge in [0.05, 0.1) is 0 Å². The molecule has 1 aromatic rings. The lowest BCUT2D eigenvalue weighted by Gasteiger charge is -2.20. The Hall–Kier alpha value is -1.79. The summed E-state index contributed by atoms with van der Waals surface area (Å²) in [4.78, 5) is 11.5. The van der Waals surface area contributed by atoms with E-state index in [9.17, 15) is 9.90 Å². The fourth-order valence-corrected chi connectivity index (χ4v) is 1.83. The highest BCUT2D eigenvalue weighted by Crippen LogP contribution is 2.32. The van der Waals surface area contributed by atoms with Gasteiger partial charge in [-0.15, -0.1) is 0 Å². The Labute approximate surface area is 111 Å². The summed E-state index contributed by atoms with van der Waals surface area (Å²) in [6.07, 6.45) is -1.17. The van der Waals surface area contributed by atoms with Gasteiger partial charge in [-0.25, -0.2) is 0 Å². The third kappa shape index (κ3) is 3.15. The predicted molar refractivity (Wildman–Crippen MR) is 69.1 cm³/mol. The number of aryl methyl sites for hydroxylation is 1. The van der Waals surface area contributed by atoms with Crippen molar-refractivity contribution in [2.75, 3.05) is 19.8 Å². The van der Waals surface area contributed by atoms with Gasteiger partial charge in [0.2, 0.25) is 5.91 Å². The lowest BCUT2D eigenvalue weighted by Crippen LogP contribution is -2.38. The van der Waals surface area contributed by atoms with E-state index in [1.165, 1.54) is 0 Å². The largest absolute Gasteiger partial charge is 0.486 e. The molecule has 0 aliphatic carbocycles. The fraction of sp³-hybridized carbons (Fsp3) is 0.462. The number of nitrogens with two attached hydrogens (primary N) is 1. The number of amides is 1. The van der Waals surface area contributed by atoms with E-state index < -0.39 is 12.0 Å². The van der Waals surface area contributed by atoms with E-state index in [2.05, 4.69) is 5.32 Å². The Morgan fingerprint density at radius 3 is 2.68 bits per heavy atom. The van der Waals surface area contributed by atoms with Crippen LogP contribution in [0.5, 0.6) is 11.5 Å². The lowest BCUT2D eigenvalue weighted by atomic mass is 10.1. The van der Waals surface area contributed by atoms with Crippen LogP contribution in [0.3, 0.4) is 0 Å². The van der Waals surface area contributed by atoms with Crippen LogP contribution in [-0.2, 0) is 11.3 Å². The van der Waals surface area contributed by atoms with Crippen LogP contribution >= 0.6 is 0 Å². The number of nitrogens with one attached hydrogen (secondary N) is 1. The molecule has 1 aliphatic rings. The Bertz CT molecular complexity index is 476. The number of benzene rings is 1. The lowest BCUT2D eigenvalue weighted by molar-refractivity contribution is -0.128. The molecular weight excluding hydrogens is 248 g/mol. The zero-order valence-electron chi connectivity index (χ0n) is 10.8. The molecule has 1 unspecified atom stereocenters. The van der Waals surface area contributed by atoms with Crippen molar-refractivity contribution in [2.45, 2.75) is 19.6 Å². The van der Waals surface area contributed by atoms with Crippen LogP contribution in [-0.4, -0.2) is 36.9 Å². The Morgan fingerprint density at radius 2 is 2.05 bits per heavy atom. The highest BCUT2D eigenvalue weighted by Gasteiger charge is 2.16. The first-order chi connectivity index (χ1) is 9.11. The average molecular weight is 266 g/mol. The summed E-state index contributed by atoms with van der Waals surface area (Å²) < 4.78 is 11.0. The molecule has 0 saturated heterocycles. The first-order valence-corrected chi connectivity index (χ1v) is 6.16. The molecule has 4 N–H and O–H groups in total. The number of ether oxygens (including phenoxy) is 2. The number of rotatable bonds is 4. The number of carbonyl (C=O) groups excluding carboxylic acids is 1. The van der Waals surface area contributed by atoms with Gasteiger partial charge in [-0.2, -0.15) is 0 Å². The summed E-state index contributed by atoms with van der Waals surface area (Å²) >= 11 is 0. The maximum Gasteiger partial charge on any atom is 0.250 e. The molecule has 6 heteroatoms. The van der Waals surface area contributed by atoms with Gasteiger partial charge in [-0.1, -0.05) is 0 Å². The summed E-state index contributed by atoms with van der Waals surface area (Å²) in [6.45, 7) is 3.22. The third-order valence-electron chi connectivity index (χ3n) is 2.98. The number of aliphatic hydroxyl groups is 1. The second-order valence-corrected chi connectivity index (χ2v) is 4.39. The van der Waals surface area contributed by atoms with Gasteiger partial charge in [-0.3, -0.25) is 4.79 Å². The first kappa shape index (κ1) is 13.6. The molecule has 0 radical (unpaired) electrons. The Balaban J connectivity index is 2.06. The Kier molecular flexibility index (Phi) is 4.24. The summed E-state index contributed by atoms with van der Waals surface area (Å²) in [5.74, 6) is 0.929. The summed E-state index contributed by atoms with van der Waals surface area (Å²) in [6, 6.07) is 3.73. The zero-order valence-corrected chi connectivity index (χ0v) is 10.8. The predicted octanol–water partition coefficient (Wildman–Crippen LogP) is -0.298. The van der Waals surface area contributed by atoms with Crippen LogP contribution in [0.15, 0.2) is 12.1 Å². The minimum atomic E-state index is -1.17. The van der Waals surface area contributed by atoms with E-state index in [1.54, 1.807) is 0 Å². The number of aliphatic hydroxyl groups excluding tert-OH is 1. The topological polar surface area (TPSA) is 93.8 Å². The van der Waals surface area contributed by atoms with Crippen molar-refractivity contribution in [3.8, 4) is 11.5 Å². The molecule has 1 aliphatic heterocycles. The van der Waals surface area contributed by atoms with Gasteiger partial charge in [0.25, 0.3) is 0 Å². The number of fused-ring (bicyclic) bond motifs is 1. The van der Waals surface area contributed by atoms with Gasteiger partial charge in [-0.05, 0) is 30.2 Å². The second-order valence-electron chi connectivity index (χ2n) is 4.39. The Morgan fingerprint density at radius 1 is 1.42 bits per heavy atom. The zero-order chi connectivity index (χ0) is 13.8. The van der Waals surface area contributed by atoms with E-state index in [0.717, 1.165) is 16.9 Å². The van der Waals surface area contributed by atoms with Crippen LogP contribution in [0.2, 0.25) is 0 Å². The molecule has 1 amide bonds. The molecule has 1 atom stereocenters. The number of hydrogen-bond donors (Lipinski definition) is 3. The van der Waals surface area contributed by atoms with E-state index in [0.29, 0.717) is 25.5 Å². The molecule has 0 spiro atoms. The van der Waals surface area contributed by atoms with Crippen molar-refractivity contribution < 1.29 is 19.4 Å². The van der Waals surface area contributed by atoms with Crippen molar-refractivity contribution in [2.24, 2.45) is 5.73 Å². The minimum absolute atomic E-state index is 0.0913. The van der Waals surface area contributed by atoms with Crippen molar-refractivity contribution >= 4 is 5.91 Å². The van der Waals surface area contributed by atoms with E-state index in [-0.39, 0.29) is 6.54 Å². The molecule has 0 aromatic heterocycles. The molecule has 1 heterocycles. The SMILES string of the molecule is Cc1cc2c(cc1CNC(=O)C(O)CN)OCCO2. The van der Waals surface area contributed by atoms with Crippen LogP contribution in [0.4, 0.5) is 0 Å². The van der Waals surface area contributed by atoms with Crippen molar-refractivity contribution in [3.05, 3.63) is 23.3 Å². The second kappa shape index (κ2) is 5.90. The average Bonchev–Trinajstić information content (AvgIpc) is 2.43. The molecule has 0 bridgehead atoms. The molecule has 19 heavy (non-hydrogen) atoms. The van der Waals surface area contributed by atoms with Crippen molar-refractivity contribution in [1.29, 1.82) is 0 Å². The number of hydrogen-bond acceptors (Lipinski definition) is 5. The van der Waals surface area contributed by atoms with Gasteiger partial charge in [0.1, 0.15) is 19.3 Å². The van der Waals surface area contributed by atoms with E-state index >= 15 is 0 Å². The van der Waals surface area contributed by atoms with E-state index in [4.69, 9.17) is 15.2 Å². The standard InChI is InChI=1S/C13H18N2O4/c1-8-4-11-12(19-3-2-18-11)5-9(8)7-15-13(17)10(16)6-14/h4-5,10,16H,2-3,6-7,14H2,1H3,(H,15,17). The van der Waals surface area contributed by atoms with Gasteiger partial charge in [0.15, 0.2) is 11.5 Å². The molecule has 1 aromatic carbocycles. The molecule has 2 rings (SSSR count). The van der Waals surface area contributed by atoms with Gasteiger partial charge in [0, 0.05) is 13.1 Å². The van der Waals surface area contributed by atoms with Crippen molar-refractivity contribution in [1.82, 2.24) is 5.32 Å². The highest BCUT2D eigenvalue weighted by molar-refractivity contribution is 5.80.